The molecule has 0 amide bonds. The molecular weight excluding hydrogens is 280 g/mol. The van der Waals surface area contributed by atoms with Crippen molar-refractivity contribution in [3.05, 3.63) is 29.8 Å². The maximum absolute atomic E-state index is 5.88. The summed E-state index contributed by atoms with van der Waals surface area (Å²) < 4.78 is 11.1. The van der Waals surface area contributed by atoms with Gasteiger partial charge in [0, 0.05) is 11.9 Å². The van der Waals surface area contributed by atoms with Gasteiger partial charge in [0.2, 0.25) is 0 Å². The van der Waals surface area contributed by atoms with Crippen LogP contribution in [0, 0.1) is 0 Å². The Morgan fingerprint density at radius 2 is 2.12 bits per heavy atom. The maximum atomic E-state index is 5.88. The van der Waals surface area contributed by atoms with Crippen LogP contribution >= 0.6 is 15.9 Å². The van der Waals surface area contributed by atoms with Crippen molar-refractivity contribution in [1.82, 2.24) is 0 Å². The van der Waals surface area contributed by atoms with Gasteiger partial charge < -0.3 is 9.47 Å². The normalized spacial score (nSPS) is 12.4. The Labute approximate surface area is 112 Å². The quantitative estimate of drug-likeness (QED) is 0.525. The van der Waals surface area contributed by atoms with Crippen LogP contribution in [-0.2, 0) is 4.74 Å². The zero-order chi connectivity index (χ0) is 12.5. The molecule has 0 aliphatic heterocycles. The Balaban J connectivity index is 2.53. The fourth-order valence-electron chi connectivity index (χ4n) is 1.65. The third-order valence-electron chi connectivity index (χ3n) is 2.67. The molecule has 0 spiro atoms. The third kappa shape index (κ3) is 5.09. The first-order valence-electron chi connectivity index (χ1n) is 6.13. The molecular formula is C14H21BrO2. The molecule has 0 fully saturated rings. The standard InChI is InChI=1S/C14H21BrO2/c1-3-4-5-9-17-14(11-15)12-7-6-8-13(10-12)16-2/h6-8,10,14H,3-5,9,11H2,1-2H3. The molecule has 17 heavy (non-hydrogen) atoms. The molecule has 0 bridgehead atoms. The summed E-state index contributed by atoms with van der Waals surface area (Å²) in [6.45, 7) is 3.02. The van der Waals surface area contributed by atoms with Crippen molar-refractivity contribution in [2.75, 3.05) is 19.0 Å². The van der Waals surface area contributed by atoms with Gasteiger partial charge in [0.05, 0.1) is 13.2 Å². The number of ether oxygens (including phenoxy) is 2. The Bertz CT molecular complexity index is 315. The number of rotatable bonds is 8. The van der Waals surface area contributed by atoms with Crippen molar-refractivity contribution in [2.24, 2.45) is 0 Å². The van der Waals surface area contributed by atoms with Crippen LogP contribution in [0.15, 0.2) is 24.3 Å². The van der Waals surface area contributed by atoms with Gasteiger partial charge in [-0.3, -0.25) is 0 Å². The van der Waals surface area contributed by atoms with Crippen molar-refractivity contribution in [1.29, 1.82) is 0 Å². The smallest absolute Gasteiger partial charge is 0.119 e. The first kappa shape index (κ1) is 14.5. The van der Waals surface area contributed by atoms with Gasteiger partial charge in [-0.25, -0.2) is 0 Å². The average molecular weight is 301 g/mol. The summed E-state index contributed by atoms with van der Waals surface area (Å²) in [5.74, 6) is 0.880. The maximum Gasteiger partial charge on any atom is 0.119 e. The summed E-state index contributed by atoms with van der Waals surface area (Å²) in [6, 6.07) is 8.06. The zero-order valence-electron chi connectivity index (χ0n) is 10.6. The average Bonchev–Trinajstić information content (AvgIpc) is 2.39. The minimum atomic E-state index is 0.113. The molecule has 2 nitrogen and oxygen atoms in total. The number of benzene rings is 1. The monoisotopic (exact) mass is 300 g/mol. The summed E-state index contributed by atoms with van der Waals surface area (Å²) in [5, 5.41) is 0.812. The minimum Gasteiger partial charge on any atom is -0.497 e. The molecule has 3 heteroatoms. The SMILES string of the molecule is CCCCCOC(CBr)c1cccc(OC)c1. The summed E-state index contributed by atoms with van der Waals surface area (Å²) >= 11 is 3.50. The molecule has 0 aromatic heterocycles. The highest BCUT2D eigenvalue weighted by Gasteiger charge is 2.10. The Hall–Kier alpha value is -0.540. The van der Waals surface area contributed by atoms with Gasteiger partial charge in [-0.2, -0.15) is 0 Å². The van der Waals surface area contributed by atoms with Crippen LogP contribution in [0.2, 0.25) is 0 Å². The summed E-state index contributed by atoms with van der Waals surface area (Å²) in [7, 11) is 1.68. The van der Waals surface area contributed by atoms with Crippen LogP contribution in [0.25, 0.3) is 0 Å². The van der Waals surface area contributed by atoms with E-state index in [0.717, 1.165) is 29.7 Å². The van der Waals surface area contributed by atoms with E-state index < -0.39 is 0 Å². The second kappa shape index (κ2) is 8.54. The van der Waals surface area contributed by atoms with E-state index in [4.69, 9.17) is 9.47 Å². The van der Waals surface area contributed by atoms with Gasteiger partial charge in [-0.15, -0.1) is 0 Å². The molecule has 0 aliphatic carbocycles. The lowest BCUT2D eigenvalue weighted by Gasteiger charge is -2.16. The number of methoxy groups -OCH3 is 1. The van der Waals surface area contributed by atoms with Crippen molar-refractivity contribution in [2.45, 2.75) is 32.3 Å². The number of unbranched alkanes of at least 4 members (excludes halogenated alkanes) is 2. The highest BCUT2D eigenvalue weighted by atomic mass is 79.9. The number of hydrogen-bond donors (Lipinski definition) is 0. The fraction of sp³-hybridized carbons (Fsp3) is 0.571. The Kier molecular flexibility index (Phi) is 7.29. The third-order valence-corrected chi connectivity index (χ3v) is 3.26. The lowest BCUT2D eigenvalue weighted by molar-refractivity contribution is 0.0669. The van der Waals surface area contributed by atoms with E-state index in [1.165, 1.54) is 12.8 Å². The highest BCUT2D eigenvalue weighted by molar-refractivity contribution is 9.09. The lowest BCUT2D eigenvalue weighted by atomic mass is 10.1. The van der Waals surface area contributed by atoms with Crippen molar-refractivity contribution in [3.8, 4) is 5.75 Å². The molecule has 96 valence electrons. The van der Waals surface area contributed by atoms with E-state index >= 15 is 0 Å². The molecule has 0 aliphatic rings. The molecule has 0 radical (unpaired) electrons. The van der Waals surface area contributed by atoms with Crippen molar-refractivity contribution >= 4 is 15.9 Å². The van der Waals surface area contributed by atoms with E-state index in [1.807, 2.05) is 18.2 Å². The van der Waals surface area contributed by atoms with E-state index in [0.29, 0.717) is 0 Å². The second-order valence-electron chi connectivity index (χ2n) is 4.00. The van der Waals surface area contributed by atoms with Gasteiger partial charge in [-0.05, 0) is 24.1 Å². The van der Waals surface area contributed by atoms with Crippen molar-refractivity contribution in [3.63, 3.8) is 0 Å². The van der Waals surface area contributed by atoms with E-state index in [1.54, 1.807) is 7.11 Å². The number of halogens is 1. The molecule has 0 N–H and O–H groups in total. The van der Waals surface area contributed by atoms with Gasteiger partial charge >= 0.3 is 0 Å². The van der Waals surface area contributed by atoms with Crippen LogP contribution in [0.1, 0.15) is 37.9 Å². The topological polar surface area (TPSA) is 18.5 Å². The lowest BCUT2D eigenvalue weighted by Crippen LogP contribution is -2.07. The highest BCUT2D eigenvalue weighted by Crippen LogP contribution is 2.24. The molecule has 0 saturated carbocycles. The van der Waals surface area contributed by atoms with E-state index in [9.17, 15) is 0 Å². The Morgan fingerprint density at radius 3 is 2.76 bits per heavy atom. The molecule has 0 heterocycles. The molecule has 0 saturated heterocycles. The molecule has 1 aromatic carbocycles. The van der Waals surface area contributed by atoms with Crippen LogP contribution < -0.4 is 4.74 Å². The molecule has 1 rings (SSSR count). The van der Waals surface area contributed by atoms with E-state index in [-0.39, 0.29) is 6.10 Å². The number of alkyl halides is 1. The molecule has 1 aromatic rings. The summed E-state index contributed by atoms with van der Waals surface area (Å²) in [5.41, 5.74) is 1.16. The van der Waals surface area contributed by atoms with Gasteiger partial charge in [0.15, 0.2) is 0 Å². The minimum absolute atomic E-state index is 0.113. The van der Waals surface area contributed by atoms with E-state index in [2.05, 4.69) is 28.9 Å². The van der Waals surface area contributed by atoms with Gasteiger partial charge in [-0.1, -0.05) is 47.8 Å². The number of hydrogen-bond acceptors (Lipinski definition) is 2. The largest absolute Gasteiger partial charge is 0.497 e. The summed E-state index contributed by atoms with van der Waals surface area (Å²) in [4.78, 5) is 0. The van der Waals surface area contributed by atoms with Gasteiger partial charge in [0.1, 0.15) is 5.75 Å². The van der Waals surface area contributed by atoms with Crippen LogP contribution in [-0.4, -0.2) is 19.0 Å². The predicted molar refractivity (Wildman–Crippen MR) is 75.0 cm³/mol. The van der Waals surface area contributed by atoms with Gasteiger partial charge in [0.25, 0.3) is 0 Å². The van der Waals surface area contributed by atoms with Crippen LogP contribution in [0.3, 0.4) is 0 Å². The molecule has 1 unspecified atom stereocenters. The predicted octanol–water partition coefficient (Wildman–Crippen LogP) is 4.34. The van der Waals surface area contributed by atoms with Crippen LogP contribution in [0.4, 0.5) is 0 Å². The first-order chi connectivity index (χ1) is 8.31. The fourth-order valence-corrected chi connectivity index (χ4v) is 2.21. The molecule has 1 atom stereocenters. The van der Waals surface area contributed by atoms with Crippen LogP contribution in [0.5, 0.6) is 5.75 Å². The first-order valence-corrected chi connectivity index (χ1v) is 7.25. The Morgan fingerprint density at radius 1 is 1.29 bits per heavy atom. The second-order valence-corrected chi connectivity index (χ2v) is 4.64. The summed E-state index contributed by atoms with van der Waals surface area (Å²) in [6.07, 6.45) is 3.69. The van der Waals surface area contributed by atoms with Crippen molar-refractivity contribution < 1.29 is 9.47 Å². The zero-order valence-corrected chi connectivity index (χ0v) is 12.2.